The Morgan fingerprint density at radius 1 is 1.41 bits per heavy atom. The zero-order valence-corrected chi connectivity index (χ0v) is 10.4. The van der Waals surface area contributed by atoms with Crippen LogP contribution in [0.3, 0.4) is 0 Å². The van der Waals surface area contributed by atoms with Crippen molar-refractivity contribution in [2.45, 2.75) is 13.5 Å². The van der Waals surface area contributed by atoms with Crippen LogP contribution in [0.5, 0.6) is 0 Å². The lowest BCUT2D eigenvalue weighted by molar-refractivity contribution is 0.875. The van der Waals surface area contributed by atoms with Crippen molar-refractivity contribution in [3.05, 3.63) is 52.6 Å². The van der Waals surface area contributed by atoms with E-state index in [0.717, 1.165) is 28.9 Å². The average molecular weight is 243 g/mol. The normalized spacial score (nSPS) is 14.4. The summed E-state index contributed by atoms with van der Waals surface area (Å²) >= 11 is 1.66. The summed E-state index contributed by atoms with van der Waals surface area (Å²) in [5, 5.41) is 6.45. The SMILES string of the molecule is C=C1Nc2ccccc2CN1c1csc(C)n1. The van der Waals surface area contributed by atoms with Crippen molar-refractivity contribution in [2.75, 3.05) is 10.2 Å². The second-order valence-corrected chi connectivity index (χ2v) is 5.10. The fourth-order valence-corrected chi connectivity index (χ4v) is 2.57. The monoisotopic (exact) mass is 243 g/mol. The molecular formula is C13H13N3S. The van der Waals surface area contributed by atoms with Gasteiger partial charge in [-0.25, -0.2) is 4.98 Å². The maximum Gasteiger partial charge on any atom is 0.145 e. The fourth-order valence-electron chi connectivity index (χ4n) is 1.96. The molecule has 17 heavy (non-hydrogen) atoms. The number of fused-ring (bicyclic) bond motifs is 1. The maximum absolute atomic E-state index is 4.50. The third kappa shape index (κ3) is 1.80. The quantitative estimate of drug-likeness (QED) is 0.832. The van der Waals surface area contributed by atoms with Crippen LogP contribution in [0.25, 0.3) is 0 Å². The zero-order chi connectivity index (χ0) is 11.8. The van der Waals surface area contributed by atoms with E-state index in [-0.39, 0.29) is 0 Å². The molecule has 0 atom stereocenters. The van der Waals surface area contributed by atoms with Gasteiger partial charge >= 0.3 is 0 Å². The highest BCUT2D eigenvalue weighted by molar-refractivity contribution is 7.09. The minimum atomic E-state index is 0.825. The third-order valence-electron chi connectivity index (χ3n) is 2.83. The first-order valence-corrected chi connectivity index (χ1v) is 6.35. The molecule has 1 aliphatic heterocycles. The van der Waals surface area contributed by atoms with Gasteiger partial charge in [0.2, 0.25) is 0 Å². The number of hydrogen-bond donors (Lipinski definition) is 1. The van der Waals surface area contributed by atoms with E-state index >= 15 is 0 Å². The summed E-state index contributed by atoms with van der Waals surface area (Å²) in [6, 6.07) is 8.28. The number of para-hydroxylation sites is 1. The summed E-state index contributed by atoms with van der Waals surface area (Å²) in [6.07, 6.45) is 0. The second-order valence-electron chi connectivity index (χ2n) is 4.04. The summed E-state index contributed by atoms with van der Waals surface area (Å²) in [5.74, 6) is 1.86. The Balaban J connectivity index is 1.97. The van der Waals surface area contributed by atoms with Gasteiger partial charge in [0.05, 0.1) is 11.6 Å². The number of rotatable bonds is 1. The first-order chi connectivity index (χ1) is 8.24. The molecule has 2 heterocycles. The van der Waals surface area contributed by atoms with Crippen molar-refractivity contribution < 1.29 is 0 Å². The number of aryl methyl sites for hydroxylation is 1. The highest BCUT2D eigenvalue weighted by Gasteiger charge is 2.20. The second kappa shape index (κ2) is 3.89. The maximum atomic E-state index is 4.50. The molecule has 0 fully saturated rings. The first kappa shape index (κ1) is 10.4. The minimum absolute atomic E-state index is 0.825. The molecule has 0 bridgehead atoms. The standard InChI is InChI=1S/C13H13N3S/c1-9-14-12-6-4-3-5-11(12)7-16(9)13-8-17-10(2)15-13/h3-6,8,14H,1,7H2,2H3. The predicted molar refractivity (Wildman–Crippen MR) is 72.2 cm³/mol. The van der Waals surface area contributed by atoms with E-state index in [1.54, 1.807) is 11.3 Å². The molecule has 3 rings (SSSR count). The van der Waals surface area contributed by atoms with Crippen LogP contribution in [0.2, 0.25) is 0 Å². The van der Waals surface area contributed by atoms with Crippen molar-refractivity contribution in [1.29, 1.82) is 0 Å². The molecule has 0 unspecified atom stereocenters. The summed E-state index contributed by atoms with van der Waals surface area (Å²) in [6.45, 7) is 6.90. The lowest BCUT2D eigenvalue weighted by Gasteiger charge is -2.31. The Morgan fingerprint density at radius 3 is 3.00 bits per heavy atom. The molecule has 0 amide bonds. The van der Waals surface area contributed by atoms with E-state index in [0.29, 0.717) is 0 Å². The highest BCUT2D eigenvalue weighted by Crippen LogP contribution is 2.30. The number of anilines is 2. The van der Waals surface area contributed by atoms with E-state index < -0.39 is 0 Å². The smallest absolute Gasteiger partial charge is 0.145 e. The van der Waals surface area contributed by atoms with Crippen LogP contribution in [-0.4, -0.2) is 4.98 Å². The molecule has 3 nitrogen and oxygen atoms in total. The molecular weight excluding hydrogens is 230 g/mol. The zero-order valence-electron chi connectivity index (χ0n) is 9.60. The highest BCUT2D eigenvalue weighted by atomic mass is 32.1. The van der Waals surface area contributed by atoms with Crippen LogP contribution in [-0.2, 0) is 6.54 Å². The lowest BCUT2D eigenvalue weighted by atomic mass is 10.1. The largest absolute Gasteiger partial charge is 0.342 e. The van der Waals surface area contributed by atoms with Crippen LogP contribution in [0, 0.1) is 6.92 Å². The van der Waals surface area contributed by atoms with Crippen molar-refractivity contribution in [3.8, 4) is 0 Å². The van der Waals surface area contributed by atoms with E-state index in [1.165, 1.54) is 5.56 Å². The minimum Gasteiger partial charge on any atom is -0.342 e. The number of thiazole rings is 1. The summed E-state index contributed by atoms with van der Waals surface area (Å²) < 4.78 is 0. The van der Waals surface area contributed by atoms with E-state index in [4.69, 9.17) is 0 Å². The van der Waals surface area contributed by atoms with Gasteiger partial charge in [-0.05, 0) is 18.6 Å². The number of benzene rings is 1. The molecule has 4 heteroatoms. The Bertz CT molecular complexity index is 574. The molecule has 1 aromatic carbocycles. The van der Waals surface area contributed by atoms with Crippen LogP contribution in [0.1, 0.15) is 10.6 Å². The van der Waals surface area contributed by atoms with Crippen molar-refractivity contribution in [2.24, 2.45) is 0 Å². The molecule has 0 saturated heterocycles. The topological polar surface area (TPSA) is 28.2 Å². The third-order valence-corrected chi connectivity index (χ3v) is 3.60. The van der Waals surface area contributed by atoms with Gasteiger partial charge in [0, 0.05) is 11.1 Å². The van der Waals surface area contributed by atoms with Gasteiger partial charge in [0.1, 0.15) is 11.6 Å². The van der Waals surface area contributed by atoms with Crippen LogP contribution in [0.15, 0.2) is 42.0 Å². The Kier molecular flexibility index (Phi) is 2.37. The van der Waals surface area contributed by atoms with Gasteiger partial charge in [-0.2, -0.15) is 0 Å². The van der Waals surface area contributed by atoms with E-state index in [9.17, 15) is 0 Å². The Labute approximate surface area is 104 Å². The molecule has 0 saturated carbocycles. The number of nitrogens with zero attached hydrogens (tertiary/aromatic N) is 2. The molecule has 0 radical (unpaired) electrons. The van der Waals surface area contributed by atoms with Crippen molar-refractivity contribution in [3.63, 3.8) is 0 Å². The van der Waals surface area contributed by atoms with E-state index in [1.807, 2.05) is 13.0 Å². The van der Waals surface area contributed by atoms with Crippen molar-refractivity contribution >= 4 is 22.8 Å². The number of aromatic nitrogens is 1. The fraction of sp³-hybridized carbons (Fsp3) is 0.154. The van der Waals surface area contributed by atoms with Gasteiger partial charge in [0.15, 0.2) is 0 Å². The lowest BCUT2D eigenvalue weighted by Crippen LogP contribution is -2.30. The molecule has 1 aliphatic rings. The van der Waals surface area contributed by atoms with Gasteiger partial charge in [-0.15, -0.1) is 11.3 Å². The molecule has 2 aromatic rings. The van der Waals surface area contributed by atoms with E-state index in [2.05, 4.69) is 45.4 Å². The molecule has 0 spiro atoms. The average Bonchev–Trinajstić information content (AvgIpc) is 2.75. The van der Waals surface area contributed by atoms with Gasteiger partial charge in [-0.1, -0.05) is 24.8 Å². The molecule has 1 N–H and O–H groups in total. The summed E-state index contributed by atoms with van der Waals surface area (Å²) in [4.78, 5) is 6.60. The molecule has 0 aliphatic carbocycles. The first-order valence-electron chi connectivity index (χ1n) is 5.47. The van der Waals surface area contributed by atoms with Crippen LogP contribution in [0.4, 0.5) is 11.5 Å². The Morgan fingerprint density at radius 2 is 2.24 bits per heavy atom. The van der Waals surface area contributed by atoms with Crippen LogP contribution < -0.4 is 10.2 Å². The van der Waals surface area contributed by atoms with Gasteiger partial charge in [0.25, 0.3) is 0 Å². The summed E-state index contributed by atoms with van der Waals surface area (Å²) in [7, 11) is 0. The van der Waals surface area contributed by atoms with Gasteiger partial charge < -0.3 is 10.2 Å². The van der Waals surface area contributed by atoms with Gasteiger partial charge in [-0.3, -0.25) is 0 Å². The summed E-state index contributed by atoms with van der Waals surface area (Å²) in [5.41, 5.74) is 2.41. The Hall–Kier alpha value is -1.81. The van der Waals surface area contributed by atoms with Crippen molar-refractivity contribution in [1.82, 2.24) is 4.98 Å². The van der Waals surface area contributed by atoms with Crippen LogP contribution >= 0.6 is 11.3 Å². The molecule has 1 aromatic heterocycles. The molecule has 86 valence electrons. The predicted octanol–water partition coefficient (Wildman–Crippen LogP) is 3.35. The number of hydrogen-bond acceptors (Lipinski definition) is 4. The number of nitrogens with one attached hydrogen (secondary N) is 1.